The molecule has 3 N–H and O–H groups in total. The minimum atomic E-state index is 0.0151. The van der Waals surface area contributed by atoms with Crippen LogP contribution in [0.2, 0.25) is 0 Å². The molecule has 1 aliphatic carbocycles. The van der Waals surface area contributed by atoms with E-state index in [1.165, 1.54) is 17.7 Å². The number of hydrogen-bond acceptors (Lipinski definition) is 3. The van der Waals surface area contributed by atoms with Gasteiger partial charge < -0.3 is 11.1 Å². The summed E-state index contributed by atoms with van der Waals surface area (Å²) in [5.74, 6) is 0.584. The molecule has 1 aromatic rings. The highest BCUT2D eigenvalue weighted by molar-refractivity contribution is 7.98. The summed E-state index contributed by atoms with van der Waals surface area (Å²) in [6.45, 7) is 0. The van der Waals surface area contributed by atoms with Crippen LogP contribution in [0, 0.1) is 5.92 Å². The Balaban J connectivity index is 1.84. The standard InChI is InChI=1S/C13H18N2OS/c1-17-11-6-4-10(5-7-11)15-13(16)8-12(14)9-2-3-9/h4-7,9,12H,2-3,8,14H2,1H3,(H,15,16). The van der Waals surface area contributed by atoms with E-state index in [0.717, 1.165) is 5.69 Å². The average Bonchev–Trinajstić information content (AvgIpc) is 3.13. The number of nitrogens with one attached hydrogen (secondary N) is 1. The van der Waals surface area contributed by atoms with Gasteiger partial charge in [0, 0.05) is 23.0 Å². The van der Waals surface area contributed by atoms with Crippen LogP contribution in [-0.2, 0) is 4.79 Å². The molecule has 0 aliphatic heterocycles. The van der Waals surface area contributed by atoms with Crippen LogP contribution in [-0.4, -0.2) is 18.2 Å². The lowest BCUT2D eigenvalue weighted by molar-refractivity contribution is -0.116. The van der Waals surface area contributed by atoms with E-state index in [4.69, 9.17) is 5.73 Å². The molecule has 17 heavy (non-hydrogen) atoms. The van der Waals surface area contributed by atoms with E-state index in [0.29, 0.717) is 12.3 Å². The smallest absolute Gasteiger partial charge is 0.225 e. The minimum absolute atomic E-state index is 0.0151. The van der Waals surface area contributed by atoms with E-state index < -0.39 is 0 Å². The highest BCUT2D eigenvalue weighted by Crippen LogP contribution is 2.32. The fourth-order valence-electron chi connectivity index (χ4n) is 1.79. The van der Waals surface area contributed by atoms with Crippen LogP contribution in [0.25, 0.3) is 0 Å². The molecule has 0 radical (unpaired) electrons. The van der Waals surface area contributed by atoms with Crippen LogP contribution >= 0.6 is 11.8 Å². The van der Waals surface area contributed by atoms with Gasteiger partial charge in [0.2, 0.25) is 5.91 Å². The first-order valence-corrected chi connectivity index (χ1v) is 7.11. The van der Waals surface area contributed by atoms with E-state index >= 15 is 0 Å². The van der Waals surface area contributed by atoms with Crippen molar-refractivity contribution >= 4 is 23.4 Å². The number of hydrogen-bond donors (Lipinski definition) is 2. The van der Waals surface area contributed by atoms with Crippen molar-refractivity contribution in [3.05, 3.63) is 24.3 Å². The predicted molar refractivity (Wildman–Crippen MR) is 72.2 cm³/mol. The number of thioether (sulfide) groups is 1. The molecule has 1 aromatic carbocycles. The number of amides is 1. The highest BCUT2D eigenvalue weighted by atomic mass is 32.2. The van der Waals surface area contributed by atoms with Crippen LogP contribution in [0.4, 0.5) is 5.69 Å². The molecule has 0 saturated heterocycles. The molecule has 1 atom stereocenters. The van der Waals surface area contributed by atoms with Crippen molar-refractivity contribution < 1.29 is 4.79 Å². The Hall–Kier alpha value is -1.00. The summed E-state index contributed by atoms with van der Waals surface area (Å²) in [6, 6.07) is 7.88. The Labute approximate surface area is 106 Å². The highest BCUT2D eigenvalue weighted by Gasteiger charge is 2.29. The summed E-state index contributed by atoms with van der Waals surface area (Å²) in [5.41, 5.74) is 6.76. The second-order valence-electron chi connectivity index (χ2n) is 4.48. The van der Waals surface area contributed by atoms with Crippen molar-refractivity contribution in [1.29, 1.82) is 0 Å². The molecule has 0 heterocycles. The van der Waals surface area contributed by atoms with Crippen LogP contribution in [0.15, 0.2) is 29.2 Å². The van der Waals surface area contributed by atoms with E-state index in [1.807, 2.05) is 30.5 Å². The van der Waals surface area contributed by atoms with Gasteiger partial charge in [-0.3, -0.25) is 4.79 Å². The molecule has 0 bridgehead atoms. The monoisotopic (exact) mass is 250 g/mol. The van der Waals surface area contributed by atoms with Crippen LogP contribution in [0.3, 0.4) is 0 Å². The lowest BCUT2D eigenvalue weighted by atomic mass is 10.1. The molecular formula is C13H18N2OS. The van der Waals surface area contributed by atoms with Gasteiger partial charge in [0.05, 0.1) is 0 Å². The molecule has 0 aromatic heterocycles. The molecular weight excluding hydrogens is 232 g/mol. The van der Waals surface area contributed by atoms with Gasteiger partial charge in [-0.05, 0) is 49.3 Å². The Morgan fingerprint density at radius 3 is 2.65 bits per heavy atom. The summed E-state index contributed by atoms with van der Waals surface area (Å²) in [5, 5.41) is 2.88. The van der Waals surface area contributed by atoms with Gasteiger partial charge >= 0.3 is 0 Å². The van der Waals surface area contributed by atoms with Gasteiger partial charge in [0.15, 0.2) is 0 Å². The third-order valence-electron chi connectivity index (χ3n) is 3.02. The second-order valence-corrected chi connectivity index (χ2v) is 5.36. The molecule has 1 fully saturated rings. The molecule has 1 aliphatic rings. The zero-order chi connectivity index (χ0) is 12.3. The van der Waals surface area contributed by atoms with E-state index in [1.54, 1.807) is 11.8 Å². The largest absolute Gasteiger partial charge is 0.327 e. The molecule has 4 heteroatoms. The van der Waals surface area contributed by atoms with Crippen molar-refractivity contribution in [2.75, 3.05) is 11.6 Å². The van der Waals surface area contributed by atoms with Crippen LogP contribution < -0.4 is 11.1 Å². The lowest BCUT2D eigenvalue weighted by Gasteiger charge is -2.10. The second kappa shape index (κ2) is 5.56. The fourth-order valence-corrected chi connectivity index (χ4v) is 2.20. The maximum absolute atomic E-state index is 11.7. The topological polar surface area (TPSA) is 55.1 Å². The van der Waals surface area contributed by atoms with Crippen molar-refractivity contribution in [2.45, 2.75) is 30.2 Å². The number of nitrogens with two attached hydrogens (primary N) is 1. The Kier molecular flexibility index (Phi) is 4.07. The summed E-state index contributed by atoms with van der Waals surface area (Å²) in [4.78, 5) is 12.9. The van der Waals surface area contributed by atoms with E-state index in [-0.39, 0.29) is 11.9 Å². The Morgan fingerprint density at radius 1 is 1.47 bits per heavy atom. The third kappa shape index (κ3) is 3.75. The molecule has 2 rings (SSSR count). The Bertz CT molecular complexity index is 387. The van der Waals surface area contributed by atoms with E-state index in [2.05, 4.69) is 5.32 Å². The van der Waals surface area contributed by atoms with Gasteiger partial charge in [-0.2, -0.15) is 0 Å². The van der Waals surface area contributed by atoms with Gasteiger partial charge in [0.25, 0.3) is 0 Å². The number of anilines is 1. The van der Waals surface area contributed by atoms with Crippen LogP contribution in [0.5, 0.6) is 0 Å². The van der Waals surface area contributed by atoms with Gasteiger partial charge in [-0.15, -0.1) is 11.8 Å². The first-order chi connectivity index (χ1) is 8.19. The maximum atomic E-state index is 11.7. The average molecular weight is 250 g/mol. The first-order valence-electron chi connectivity index (χ1n) is 5.88. The first kappa shape index (κ1) is 12.5. The molecule has 1 amide bonds. The molecule has 0 spiro atoms. The fraction of sp³-hybridized carbons (Fsp3) is 0.462. The van der Waals surface area contributed by atoms with E-state index in [9.17, 15) is 4.79 Å². The van der Waals surface area contributed by atoms with Crippen molar-refractivity contribution in [2.24, 2.45) is 11.7 Å². The molecule has 92 valence electrons. The number of benzene rings is 1. The molecule has 1 unspecified atom stereocenters. The third-order valence-corrected chi connectivity index (χ3v) is 3.77. The van der Waals surface area contributed by atoms with Crippen molar-refractivity contribution in [1.82, 2.24) is 0 Å². The number of rotatable bonds is 5. The van der Waals surface area contributed by atoms with Gasteiger partial charge in [-0.1, -0.05) is 0 Å². The number of carbonyl (C=O) groups is 1. The number of carbonyl (C=O) groups excluding carboxylic acids is 1. The van der Waals surface area contributed by atoms with Crippen molar-refractivity contribution in [3.8, 4) is 0 Å². The SMILES string of the molecule is CSc1ccc(NC(=O)CC(N)C2CC2)cc1. The Morgan fingerprint density at radius 2 is 2.12 bits per heavy atom. The zero-order valence-corrected chi connectivity index (χ0v) is 10.8. The van der Waals surface area contributed by atoms with Crippen LogP contribution in [0.1, 0.15) is 19.3 Å². The zero-order valence-electron chi connectivity index (χ0n) is 9.98. The minimum Gasteiger partial charge on any atom is -0.327 e. The quantitative estimate of drug-likeness (QED) is 0.789. The molecule has 1 saturated carbocycles. The predicted octanol–water partition coefficient (Wildman–Crippen LogP) is 2.47. The summed E-state index contributed by atoms with van der Waals surface area (Å²) in [7, 11) is 0. The maximum Gasteiger partial charge on any atom is 0.225 e. The molecule has 3 nitrogen and oxygen atoms in total. The van der Waals surface area contributed by atoms with Gasteiger partial charge in [-0.25, -0.2) is 0 Å². The summed E-state index contributed by atoms with van der Waals surface area (Å²) < 4.78 is 0. The van der Waals surface area contributed by atoms with Crippen molar-refractivity contribution in [3.63, 3.8) is 0 Å². The van der Waals surface area contributed by atoms with Gasteiger partial charge in [0.1, 0.15) is 0 Å². The summed E-state index contributed by atoms with van der Waals surface area (Å²) >= 11 is 1.69. The summed E-state index contributed by atoms with van der Waals surface area (Å²) in [6.07, 6.45) is 4.81. The normalized spacial score (nSPS) is 16.6. The lowest BCUT2D eigenvalue weighted by Crippen LogP contribution is -2.28.